The number of ether oxygens (including phenoxy) is 2. The molecule has 5 heteroatoms. The van der Waals surface area contributed by atoms with Crippen molar-refractivity contribution in [2.45, 2.75) is 33.1 Å². The van der Waals surface area contributed by atoms with Crippen LogP contribution >= 0.6 is 0 Å². The first-order chi connectivity index (χ1) is 12.2. The summed E-state index contributed by atoms with van der Waals surface area (Å²) in [4.78, 5) is 23.7. The van der Waals surface area contributed by atoms with Gasteiger partial charge in [0, 0.05) is 5.56 Å². The maximum atomic E-state index is 12.3. The zero-order valence-corrected chi connectivity index (χ0v) is 15.9. The van der Waals surface area contributed by atoms with Gasteiger partial charge in [-0.2, -0.15) is 0 Å². The van der Waals surface area contributed by atoms with Gasteiger partial charge in [0.1, 0.15) is 11.5 Å². The Hall–Kier alpha value is -2.82. The minimum atomic E-state index is -0.303. The number of rotatable bonds is 6. The number of Topliss-reactive ketones (excluding diaryl/α,β-unsaturated/α-hetero) is 1. The molecule has 2 rings (SSSR count). The highest BCUT2D eigenvalue weighted by molar-refractivity contribution is 5.95. The van der Waals surface area contributed by atoms with Gasteiger partial charge in [-0.05, 0) is 42.2 Å². The van der Waals surface area contributed by atoms with Gasteiger partial charge in [-0.3, -0.25) is 9.59 Å². The first-order valence-electron chi connectivity index (χ1n) is 8.43. The standard InChI is InChI=1S/C21H25NO4/c1-14(23)15-7-6-8-17(11-15)26-13-20(24)22-18-12-16(21(2,3)4)9-10-19(18)25-5/h6-12H,13H2,1-5H3,(H,22,24). The summed E-state index contributed by atoms with van der Waals surface area (Å²) >= 11 is 0. The lowest BCUT2D eigenvalue weighted by atomic mass is 9.87. The van der Waals surface area contributed by atoms with Crippen LogP contribution in [0.2, 0.25) is 0 Å². The zero-order chi connectivity index (χ0) is 19.3. The van der Waals surface area contributed by atoms with Gasteiger partial charge in [0.2, 0.25) is 0 Å². The number of nitrogens with one attached hydrogen (secondary N) is 1. The maximum Gasteiger partial charge on any atom is 0.262 e. The molecule has 0 aliphatic heterocycles. The molecule has 5 nitrogen and oxygen atoms in total. The first-order valence-corrected chi connectivity index (χ1v) is 8.43. The molecule has 0 heterocycles. The quantitative estimate of drug-likeness (QED) is 0.788. The number of methoxy groups -OCH3 is 1. The van der Waals surface area contributed by atoms with Crippen LogP contribution in [0.4, 0.5) is 5.69 Å². The molecule has 1 N–H and O–H groups in total. The van der Waals surface area contributed by atoms with Crippen LogP contribution in [0.15, 0.2) is 42.5 Å². The fourth-order valence-electron chi connectivity index (χ4n) is 2.41. The molecule has 0 atom stereocenters. The second-order valence-electron chi connectivity index (χ2n) is 7.09. The fourth-order valence-corrected chi connectivity index (χ4v) is 2.41. The lowest BCUT2D eigenvalue weighted by Gasteiger charge is -2.21. The Morgan fingerprint density at radius 2 is 1.81 bits per heavy atom. The van der Waals surface area contributed by atoms with E-state index in [0.717, 1.165) is 5.56 Å². The average molecular weight is 355 g/mol. The summed E-state index contributed by atoms with van der Waals surface area (Å²) in [7, 11) is 1.56. The van der Waals surface area contributed by atoms with E-state index < -0.39 is 0 Å². The maximum absolute atomic E-state index is 12.3. The van der Waals surface area contributed by atoms with Crippen LogP contribution in [-0.4, -0.2) is 25.4 Å². The predicted molar refractivity (Wildman–Crippen MR) is 102 cm³/mol. The van der Waals surface area contributed by atoms with Gasteiger partial charge < -0.3 is 14.8 Å². The van der Waals surface area contributed by atoms with Crippen molar-refractivity contribution in [2.24, 2.45) is 0 Å². The van der Waals surface area contributed by atoms with Gasteiger partial charge in [-0.1, -0.05) is 39.0 Å². The molecule has 2 aromatic rings. The van der Waals surface area contributed by atoms with Crippen LogP contribution in [-0.2, 0) is 10.2 Å². The molecule has 26 heavy (non-hydrogen) atoms. The van der Waals surface area contributed by atoms with E-state index in [1.54, 1.807) is 31.4 Å². The topological polar surface area (TPSA) is 64.6 Å². The number of amides is 1. The number of carbonyl (C=O) groups excluding carboxylic acids is 2. The Balaban J connectivity index is 2.08. The molecule has 0 radical (unpaired) electrons. The molecule has 0 unspecified atom stereocenters. The van der Waals surface area contributed by atoms with Gasteiger partial charge in [-0.15, -0.1) is 0 Å². The Bertz CT molecular complexity index is 806. The molecule has 2 aromatic carbocycles. The lowest BCUT2D eigenvalue weighted by molar-refractivity contribution is -0.118. The van der Waals surface area contributed by atoms with E-state index in [0.29, 0.717) is 22.7 Å². The summed E-state index contributed by atoms with van der Waals surface area (Å²) < 4.78 is 10.8. The lowest BCUT2D eigenvalue weighted by Crippen LogP contribution is -2.21. The van der Waals surface area contributed by atoms with Crippen molar-refractivity contribution in [2.75, 3.05) is 19.0 Å². The van der Waals surface area contributed by atoms with Crippen molar-refractivity contribution in [3.8, 4) is 11.5 Å². The van der Waals surface area contributed by atoms with Crippen LogP contribution < -0.4 is 14.8 Å². The Kier molecular flexibility index (Phi) is 6.03. The molecule has 0 aromatic heterocycles. The van der Waals surface area contributed by atoms with E-state index in [4.69, 9.17) is 9.47 Å². The summed E-state index contributed by atoms with van der Waals surface area (Å²) in [5.74, 6) is 0.708. The number of benzene rings is 2. The van der Waals surface area contributed by atoms with Gasteiger partial charge in [0.05, 0.1) is 12.8 Å². The van der Waals surface area contributed by atoms with Crippen molar-refractivity contribution >= 4 is 17.4 Å². The first kappa shape index (κ1) is 19.5. The monoisotopic (exact) mass is 355 g/mol. The molecule has 138 valence electrons. The van der Waals surface area contributed by atoms with Crippen LogP contribution in [0.3, 0.4) is 0 Å². The number of anilines is 1. The number of hydrogen-bond donors (Lipinski definition) is 1. The molecular formula is C21H25NO4. The van der Waals surface area contributed by atoms with Crippen molar-refractivity contribution in [3.63, 3.8) is 0 Å². The normalized spacial score (nSPS) is 11.0. The summed E-state index contributed by atoms with van der Waals surface area (Å²) in [5.41, 5.74) is 2.19. The highest BCUT2D eigenvalue weighted by Crippen LogP contribution is 2.31. The molecular weight excluding hydrogens is 330 g/mol. The number of carbonyl (C=O) groups is 2. The highest BCUT2D eigenvalue weighted by atomic mass is 16.5. The zero-order valence-electron chi connectivity index (χ0n) is 15.9. The molecule has 0 fully saturated rings. The average Bonchev–Trinajstić information content (AvgIpc) is 2.59. The molecule has 0 aliphatic carbocycles. The predicted octanol–water partition coefficient (Wildman–Crippen LogP) is 4.21. The van der Waals surface area contributed by atoms with E-state index in [1.165, 1.54) is 6.92 Å². The van der Waals surface area contributed by atoms with Crippen LogP contribution in [0.1, 0.15) is 43.6 Å². The number of hydrogen-bond acceptors (Lipinski definition) is 4. The molecule has 0 spiro atoms. The molecule has 0 saturated carbocycles. The fraction of sp³-hybridized carbons (Fsp3) is 0.333. The molecule has 1 amide bonds. The molecule has 0 aliphatic rings. The van der Waals surface area contributed by atoms with E-state index in [1.807, 2.05) is 18.2 Å². The summed E-state index contributed by atoms with van der Waals surface area (Å²) in [6.07, 6.45) is 0. The van der Waals surface area contributed by atoms with Gasteiger partial charge >= 0.3 is 0 Å². The van der Waals surface area contributed by atoms with Gasteiger partial charge in [-0.25, -0.2) is 0 Å². The smallest absolute Gasteiger partial charge is 0.262 e. The third kappa shape index (κ3) is 5.09. The summed E-state index contributed by atoms with van der Waals surface area (Å²) in [5, 5.41) is 2.83. The van der Waals surface area contributed by atoms with Crippen molar-refractivity contribution in [1.29, 1.82) is 0 Å². The van der Waals surface area contributed by atoms with Crippen molar-refractivity contribution in [3.05, 3.63) is 53.6 Å². The van der Waals surface area contributed by atoms with Crippen LogP contribution in [0.25, 0.3) is 0 Å². The largest absolute Gasteiger partial charge is 0.495 e. The second kappa shape index (κ2) is 8.04. The van der Waals surface area contributed by atoms with Crippen molar-refractivity contribution < 1.29 is 19.1 Å². The molecule has 0 bridgehead atoms. The van der Waals surface area contributed by atoms with Gasteiger partial charge in [0.25, 0.3) is 5.91 Å². The van der Waals surface area contributed by atoms with Gasteiger partial charge in [0.15, 0.2) is 12.4 Å². The second-order valence-corrected chi connectivity index (χ2v) is 7.09. The van der Waals surface area contributed by atoms with E-state index in [9.17, 15) is 9.59 Å². The Morgan fingerprint density at radius 1 is 1.08 bits per heavy atom. The van der Waals surface area contributed by atoms with E-state index >= 15 is 0 Å². The Morgan fingerprint density at radius 3 is 2.42 bits per heavy atom. The van der Waals surface area contributed by atoms with E-state index in [-0.39, 0.29) is 23.7 Å². The summed E-state index contributed by atoms with van der Waals surface area (Å²) in [6.45, 7) is 7.63. The number of ketones is 1. The SMILES string of the molecule is COc1ccc(C(C)(C)C)cc1NC(=O)COc1cccc(C(C)=O)c1. The minimum Gasteiger partial charge on any atom is -0.495 e. The Labute approximate surface area is 154 Å². The highest BCUT2D eigenvalue weighted by Gasteiger charge is 2.17. The van der Waals surface area contributed by atoms with Crippen LogP contribution in [0, 0.1) is 0 Å². The minimum absolute atomic E-state index is 0.0463. The van der Waals surface area contributed by atoms with Crippen molar-refractivity contribution in [1.82, 2.24) is 0 Å². The third-order valence-electron chi connectivity index (χ3n) is 3.95. The van der Waals surface area contributed by atoms with E-state index in [2.05, 4.69) is 26.1 Å². The third-order valence-corrected chi connectivity index (χ3v) is 3.95. The summed E-state index contributed by atoms with van der Waals surface area (Å²) in [6, 6.07) is 12.5. The molecule has 0 saturated heterocycles. The van der Waals surface area contributed by atoms with Crippen LogP contribution in [0.5, 0.6) is 11.5 Å².